The van der Waals surface area contributed by atoms with Crippen molar-refractivity contribution >= 4 is 26.9 Å². The van der Waals surface area contributed by atoms with E-state index in [1.54, 1.807) is 26.0 Å². The highest BCUT2D eigenvalue weighted by Crippen LogP contribution is 2.24. The summed E-state index contributed by atoms with van der Waals surface area (Å²) < 4.78 is 38.4. The largest absolute Gasteiger partial charge is 0.496 e. The number of carbonyl (C=O) groups is 1. The number of sulfonamides is 1. The number of nitrogens with zero attached hydrogens (tertiary/aromatic N) is 2. The molecule has 0 fully saturated rings. The first-order valence-electron chi connectivity index (χ1n) is 9.54. The number of methoxy groups -OCH3 is 1. The summed E-state index contributed by atoms with van der Waals surface area (Å²) in [7, 11) is -2.23. The van der Waals surface area contributed by atoms with Gasteiger partial charge in [0.05, 0.1) is 29.6 Å². The fourth-order valence-corrected chi connectivity index (χ4v) is 4.81. The van der Waals surface area contributed by atoms with Crippen molar-refractivity contribution in [3.05, 3.63) is 58.1 Å². The zero-order valence-corrected chi connectivity index (χ0v) is 18.2. The Kier molecular flexibility index (Phi) is 6.14. The van der Waals surface area contributed by atoms with Crippen LogP contribution in [-0.2, 0) is 16.6 Å². The monoisotopic (exact) mass is 432 g/mol. The Bertz CT molecular complexity index is 1250. The molecule has 0 amide bonds. The number of aryl methyl sites for hydroxylation is 1. The van der Waals surface area contributed by atoms with Gasteiger partial charge in [-0.15, -0.1) is 0 Å². The molecule has 9 heteroatoms. The number of Topliss-reactive ketones (excluding diaryl/α,β-unsaturated/α-hetero) is 1. The predicted molar refractivity (Wildman–Crippen MR) is 113 cm³/mol. The lowest BCUT2D eigenvalue weighted by Gasteiger charge is -2.18. The number of hydrogen-bond acceptors (Lipinski definition) is 6. The molecule has 2 aromatic carbocycles. The van der Waals surface area contributed by atoms with Gasteiger partial charge >= 0.3 is 5.76 Å². The zero-order valence-electron chi connectivity index (χ0n) is 17.3. The Labute approximate surface area is 174 Å². The van der Waals surface area contributed by atoms with E-state index in [2.05, 4.69) is 0 Å². The van der Waals surface area contributed by atoms with E-state index in [-0.39, 0.29) is 22.8 Å². The molecule has 3 aromatic rings. The van der Waals surface area contributed by atoms with Crippen LogP contribution in [0.15, 0.2) is 50.5 Å². The van der Waals surface area contributed by atoms with Crippen molar-refractivity contribution in [2.75, 3.05) is 20.2 Å². The van der Waals surface area contributed by atoms with E-state index in [4.69, 9.17) is 9.15 Å². The predicted octanol–water partition coefficient (Wildman–Crippen LogP) is 2.82. The van der Waals surface area contributed by atoms with Crippen molar-refractivity contribution in [1.82, 2.24) is 8.87 Å². The average Bonchev–Trinajstić information content (AvgIpc) is 3.03. The number of benzene rings is 2. The molecule has 0 saturated heterocycles. The summed E-state index contributed by atoms with van der Waals surface area (Å²) in [5.74, 6) is -0.637. The van der Waals surface area contributed by atoms with Crippen LogP contribution in [0, 0.1) is 6.92 Å². The second kappa shape index (κ2) is 8.45. The molecule has 0 atom stereocenters. The topological polar surface area (TPSA) is 98.8 Å². The van der Waals surface area contributed by atoms with Gasteiger partial charge in [-0.1, -0.05) is 25.5 Å². The molecule has 0 aliphatic carbocycles. The number of oxazole rings is 1. The van der Waals surface area contributed by atoms with Gasteiger partial charge in [-0.3, -0.25) is 9.36 Å². The molecule has 0 N–H and O–H groups in total. The third-order valence-electron chi connectivity index (χ3n) is 4.94. The van der Waals surface area contributed by atoms with Crippen LogP contribution in [0.4, 0.5) is 0 Å². The number of aromatic nitrogens is 1. The fourth-order valence-electron chi connectivity index (χ4n) is 3.34. The van der Waals surface area contributed by atoms with Crippen LogP contribution >= 0.6 is 0 Å². The molecule has 0 radical (unpaired) electrons. The van der Waals surface area contributed by atoms with E-state index in [1.807, 2.05) is 13.0 Å². The molecule has 0 aliphatic heterocycles. The van der Waals surface area contributed by atoms with Crippen LogP contribution in [0.1, 0.15) is 29.8 Å². The van der Waals surface area contributed by atoms with Gasteiger partial charge in [0.15, 0.2) is 11.4 Å². The Balaban J connectivity index is 2.01. The lowest BCUT2D eigenvalue weighted by Crippen LogP contribution is -2.30. The highest BCUT2D eigenvalue weighted by molar-refractivity contribution is 7.89. The molecule has 0 spiro atoms. The molecular weight excluding hydrogens is 408 g/mol. The molecule has 0 unspecified atom stereocenters. The molecule has 0 saturated carbocycles. The SMILES string of the molecule is CCN(CC)S(=O)(=O)c1ccc2c(c1)oc(=O)n2CC(=O)c1cc(C)ccc1OC. The van der Waals surface area contributed by atoms with E-state index in [9.17, 15) is 18.0 Å². The summed E-state index contributed by atoms with van der Waals surface area (Å²) in [6.07, 6.45) is 0. The number of fused-ring (bicyclic) bond motifs is 1. The maximum Gasteiger partial charge on any atom is 0.420 e. The van der Waals surface area contributed by atoms with Crippen molar-refractivity contribution in [1.29, 1.82) is 0 Å². The molecule has 1 aromatic heterocycles. The lowest BCUT2D eigenvalue weighted by molar-refractivity contribution is 0.0967. The quantitative estimate of drug-likeness (QED) is 0.508. The van der Waals surface area contributed by atoms with Crippen molar-refractivity contribution < 1.29 is 22.4 Å². The van der Waals surface area contributed by atoms with E-state index in [0.717, 1.165) is 5.56 Å². The first-order chi connectivity index (χ1) is 14.2. The Morgan fingerprint density at radius 1 is 1.13 bits per heavy atom. The van der Waals surface area contributed by atoms with Crippen LogP contribution in [0.2, 0.25) is 0 Å². The van der Waals surface area contributed by atoms with Crippen LogP contribution in [0.25, 0.3) is 11.1 Å². The van der Waals surface area contributed by atoms with Gasteiger partial charge in [-0.25, -0.2) is 13.2 Å². The van der Waals surface area contributed by atoms with Crippen molar-refractivity contribution in [3.8, 4) is 5.75 Å². The standard InChI is InChI=1S/C21H24N2O6S/c1-5-22(6-2)30(26,27)15-8-9-17-20(12-15)29-21(25)23(17)13-18(24)16-11-14(3)7-10-19(16)28-4/h7-12H,5-6,13H2,1-4H3. The highest BCUT2D eigenvalue weighted by Gasteiger charge is 2.24. The van der Waals surface area contributed by atoms with Gasteiger partial charge in [0.1, 0.15) is 5.75 Å². The number of rotatable bonds is 8. The fraction of sp³-hybridized carbons (Fsp3) is 0.333. The van der Waals surface area contributed by atoms with E-state index in [0.29, 0.717) is 29.9 Å². The smallest absolute Gasteiger partial charge is 0.420 e. The van der Waals surface area contributed by atoms with E-state index < -0.39 is 15.8 Å². The van der Waals surface area contributed by atoms with Crippen molar-refractivity contribution in [3.63, 3.8) is 0 Å². The molecule has 8 nitrogen and oxygen atoms in total. The van der Waals surface area contributed by atoms with Gasteiger partial charge in [-0.05, 0) is 31.2 Å². The molecule has 0 bridgehead atoms. The summed E-state index contributed by atoms with van der Waals surface area (Å²) in [5, 5.41) is 0. The van der Waals surface area contributed by atoms with Gasteiger partial charge in [0.2, 0.25) is 10.0 Å². The second-order valence-electron chi connectivity index (χ2n) is 6.80. The third-order valence-corrected chi connectivity index (χ3v) is 6.99. The third kappa shape index (κ3) is 3.90. The summed E-state index contributed by atoms with van der Waals surface area (Å²) >= 11 is 0. The van der Waals surface area contributed by atoms with Crippen LogP contribution in [-0.4, -0.2) is 43.3 Å². The molecule has 3 rings (SSSR count). The highest BCUT2D eigenvalue weighted by atomic mass is 32.2. The minimum Gasteiger partial charge on any atom is -0.496 e. The first kappa shape index (κ1) is 21.8. The zero-order chi connectivity index (χ0) is 22.1. The summed E-state index contributed by atoms with van der Waals surface area (Å²) in [5.41, 5.74) is 1.70. The number of ether oxygens (including phenoxy) is 1. The number of hydrogen-bond donors (Lipinski definition) is 0. The molecule has 0 aliphatic rings. The maximum atomic E-state index is 12.8. The lowest BCUT2D eigenvalue weighted by atomic mass is 10.1. The minimum atomic E-state index is -3.70. The Hall–Kier alpha value is -2.91. The number of carbonyl (C=O) groups excluding carboxylic acids is 1. The normalized spacial score (nSPS) is 11.9. The average molecular weight is 432 g/mol. The van der Waals surface area contributed by atoms with Crippen molar-refractivity contribution in [2.24, 2.45) is 0 Å². The summed E-state index contributed by atoms with van der Waals surface area (Å²) in [6, 6.07) is 9.44. The van der Waals surface area contributed by atoms with Crippen molar-refractivity contribution in [2.45, 2.75) is 32.2 Å². The molecule has 160 valence electrons. The second-order valence-corrected chi connectivity index (χ2v) is 8.74. The van der Waals surface area contributed by atoms with Gasteiger partial charge in [-0.2, -0.15) is 4.31 Å². The molecule has 1 heterocycles. The minimum absolute atomic E-state index is 0.0336. The van der Waals surface area contributed by atoms with Crippen LogP contribution in [0.5, 0.6) is 5.75 Å². The van der Waals surface area contributed by atoms with E-state index >= 15 is 0 Å². The van der Waals surface area contributed by atoms with Gasteiger partial charge in [0.25, 0.3) is 0 Å². The first-order valence-corrected chi connectivity index (χ1v) is 11.0. The van der Waals surface area contributed by atoms with Gasteiger partial charge < -0.3 is 9.15 Å². The summed E-state index contributed by atoms with van der Waals surface area (Å²) in [6.45, 7) is 5.76. The van der Waals surface area contributed by atoms with Crippen LogP contribution in [0.3, 0.4) is 0 Å². The van der Waals surface area contributed by atoms with Crippen LogP contribution < -0.4 is 10.5 Å². The Morgan fingerprint density at radius 2 is 1.83 bits per heavy atom. The molecular formula is C21H24N2O6S. The number of ketones is 1. The Morgan fingerprint density at radius 3 is 2.47 bits per heavy atom. The van der Waals surface area contributed by atoms with Gasteiger partial charge in [0, 0.05) is 19.2 Å². The van der Waals surface area contributed by atoms with E-state index in [1.165, 1.54) is 34.2 Å². The summed E-state index contributed by atoms with van der Waals surface area (Å²) in [4.78, 5) is 25.3. The maximum absolute atomic E-state index is 12.8. The molecule has 30 heavy (non-hydrogen) atoms.